The Morgan fingerprint density at radius 1 is 1.42 bits per heavy atom. The number of phosphoric ester groups is 1. The summed E-state index contributed by atoms with van der Waals surface area (Å²) in [7, 11) is -4.80. The fraction of sp³-hybridized carbons (Fsp3) is 0.500. The summed E-state index contributed by atoms with van der Waals surface area (Å²) in [5, 5.41) is 19.9. The average molecular weight is 366 g/mol. The van der Waals surface area contributed by atoms with E-state index in [0.717, 1.165) is 10.9 Å². The summed E-state index contributed by atoms with van der Waals surface area (Å²) in [5.41, 5.74) is -1.29. The Morgan fingerprint density at radius 2 is 2.12 bits per heavy atom. The Bertz CT molecular complexity index is 864. The second-order valence-electron chi connectivity index (χ2n) is 5.01. The first-order valence-electron chi connectivity index (χ1n) is 6.51. The molecule has 1 fully saturated rings. The van der Waals surface area contributed by atoms with Gasteiger partial charge in [0.2, 0.25) is 0 Å². The van der Waals surface area contributed by atoms with Crippen LogP contribution in [0.1, 0.15) is 6.23 Å². The van der Waals surface area contributed by atoms with Crippen molar-refractivity contribution in [1.29, 1.82) is 0 Å². The summed E-state index contributed by atoms with van der Waals surface area (Å²) < 4.78 is 34.5. The largest absolute Gasteiger partial charge is 0.469 e. The number of H-pyrrole nitrogens is 1. The number of hydrogen-bond acceptors (Lipinski definition) is 8. The van der Waals surface area contributed by atoms with E-state index in [2.05, 4.69) is 14.5 Å². The van der Waals surface area contributed by atoms with Crippen molar-refractivity contribution in [3.05, 3.63) is 22.8 Å². The molecule has 0 amide bonds. The van der Waals surface area contributed by atoms with Gasteiger partial charge in [-0.15, -0.1) is 0 Å². The van der Waals surface area contributed by atoms with Gasteiger partial charge < -0.3 is 24.7 Å². The zero-order chi connectivity index (χ0) is 17.6. The number of hydrogen-bond donors (Lipinski definition) is 5. The van der Waals surface area contributed by atoms with E-state index in [1.807, 2.05) is 4.98 Å². The molecule has 0 aliphatic carbocycles. The highest BCUT2D eigenvalue weighted by atomic mass is 31.2. The summed E-state index contributed by atoms with van der Waals surface area (Å²) in [6, 6.07) is 0. The molecule has 1 saturated heterocycles. The van der Waals surface area contributed by atoms with E-state index in [4.69, 9.17) is 14.5 Å². The number of aliphatic hydroxyl groups excluding tert-OH is 2. The minimum absolute atomic E-state index is 0.211. The highest BCUT2D eigenvalue weighted by molar-refractivity contribution is 7.46. The van der Waals surface area contributed by atoms with Gasteiger partial charge in [-0.25, -0.2) is 9.55 Å². The van der Waals surface area contributed by atoms with Crippen LogP contribution in [0.4, 0.5) is 4.39 Å². The van der Waals surface area contributed by atoms with E-state index in [1.165, 1.54) is 0 Å². The molecule has 0 saturated carbocycles. The number of rotatable bonds is 4. The number of phosphoric acid groups is 1. The minimum atomic E-state index is -4.80. The molecule has 1 aliphatic rings. The Kier molecular flexibility index (Phi) is 4.25. The zero-order valence-corrected chi connectivity index (χ0v) is 12.6. The number of fused-ring (bicyclic) bond motifs is 1. The number of ether oxygens (including phenoxy) is 1. The molecule has 1 aliphatic heterocycles. The number of halogens is 1. The van der Waals surface area contributed by atoms with Crippen molar-refractivity contribution in [2.75, 3.05) is 6.61 Å². The second kappa shape index (κ2) is 5.97. The lowest BCUT2D eigenvalue weighted by Crippen LogP contribution is -2.33. The number of aromatic amines is 1. The Morgan fingerprint density at radius 3 is 2.79 bits per heavy atom. The summed E-state index contributed by atoms with van der Waals surface area (Å²) in [6.07, 6.45) is -5.82. The Labute approximate surface area is 131 Å². The third kappa shape index (κ3) is 3.10. The lowest BCUT2D eigenvalue weighted by molar-refractivity contribution is -0.0504. The van der Waals surface area contributed by atoms with Crippen molar-refractivity contribution in [1.82, 2.24) is 19.5 Å². The molecule has 5 N–H and O–H groups in total. The molecule has 4 atom stereocenters. The van der Waals surface area contributed by atoms with E-state index < -0.39 is 50.6 Å². The van der Waals surface area contributed by atoms with Crippen LogP contribution in [0.3, 0.4) is 0 Å². The second-order valence-corrected chi connectivity index (χ2v) is 6.25. The van der Waals surface area contributed by atoms with Gasteiger partial charge in [0.15, 0.2) is 17.4 Å². The molecule has 4 unspecified atom stereocenters. The monoisotopic (exact) mass is 366 g/mol. The zero-order valence-electron chi connectivity index (χ0n) is 11.7. The highest BCUT2D eigenvalue weighted by Crippen LogP contribution is 2.38. The van der Waals surface area contributed by atoms with Crippen molar-refractivity contribution in [2.24, 2.45) is 0 Å². The smallest absolute Gasteiger partial charge is 0.387 e. The molecular weight excluding hydrogens is 354 g/mol. The van der Waals surface area contributed by atoms with Crippen LogP contribution in [0.25, 0.3) is 11.2 Å². The van der Waals surface area contributed by atoms with Gasteiger partial charge in [-0.2, -0.15) is 9.37 Å². The number of aromatic nitrogens is 4. The predicted molar refractivity (Wildman–Crippen MR) is 72.0 cm³/mol. The average Bonchev–Trinajstić information content (AvgIpc) is 3.00. The van der Waals surface area contributed by atoms with Crippen LogP contribution in [0.5, 0.6) is 0 Å². The van der Waals surface area contributed by atoms with Crippen LogP contribution in [-0.2, 0) is 13.8 Å². The van der Waals surface area contributed by atoms with E-state index in [0.29, 0.717) is 0 Å². The van der Waals surface area contributed by atoms with Gasteiger partial charge in [0, 0.05) is 0 Å². The number of nitrogens with one attached hydrogen (secondary N) is 1. The number of aliphatic hydroxyl groups is 2. The van der Waals surface area contributed by atoms with Crippen molar-refractivity contribution in [3.8, 4) is 0 Å². The summed E-state index contributed by atoms with van der Waals surface area (Å²) >= 11 is 0. The molecule has 0 radical (unpaired) electrons. The van der Waals surface area contributed by atoms with Gasteiger partial charge in [-0.3, -0.25) is 18.9 Å². The predicted octanol–water partition coefficient (Wildman–Crippen LogP) is -2.01. The molecule has 14 heteroatoms. The third-order valence-corrected chi connectivity index (χ3v) is 3.91. The van der Waals surface area contributed by atoms with Crippen LogP contribution in [-0.4, -0.2) is 64.4 Å². The van der Waals surface area contributed by atoms with E-state index in [-0.39, 0.29) is 11.2 Å². The molecule has 132 valence electrons. The quantitative estimate of drug-likeness (QED) is 0.299. The van der Waals surface area contributed by atoms with Crippen LogP contribution in [0, 0.1) is 6.08 Å². The maximum absolute atomic E-state index is 13.3. The molecular formula is C10H12FN4O8P. The van der Waals surface area contributed by atoms with Crippen LogP contribution in [0.2, 0.25) is 0 Å². The molecule has 3 rings (SSSR count). The topological polar surface area (TPSA) is 180 Å². The molecule has 0 aromatic carbocycles. The van der Waals surface area contributed by atoms with E-state index in [9.17, 15) is 24.0 Å². The summed E-state index contributed by atoms with van der Waals surface area (Å²) in [4.78, 5) is 37.9. The number of imidazole rings is 1. The number of nitrogens with zero attached hydrogens (tertiary/aromatic N) is 3. The molecule has 12 nitrogen and oxygen atoms in total. The summed E-state index contributed by atoms with van der Waals surface area (Å²) in [6.45, 7) is -0.700. The maximum atomic E-state index is 13.3. The van der Waals surface area contributed by atoms with Gasteiger partial charge in [-0.05, 0) is 0 Å². The van der Waals surface area contributed by atoms with Crippen molar-refractivity contribution >= 4 is 19.0 Å². The van der Waals surface area contributed by atoms with Gasteiger partial charge >= 0.3 is 7.82 Å². The first-order valence-corrected chi connectivity index (χ1v) is 8.04. The molecule has 0 bridgehead atoms. The molecule has 2 aromatic rings. The van der Waals surface area contributed by atoms with E-state index >= 15 is 0 Å². The first-order chi connectivity index (χ1) is 11.2. The molecule has 0 spiro atoms. The van der Waals surface area contributed by atoms with Gasteiger partial charge in [0.05, 0.1) is 12.9 Å². The maximum Gasteiger partial charge on any atom is 0.469 e. The van der Waals surface area contributed by atoms with Crippen LogP contribution < -0.4 is 5.56 Å². The lowest BCUT2D eigenvalue weighted by Gasteiger charge is -2.16. The van der Waals surface area contributed by atoms with Crippen LogP contribution >= 0.6 is 7.82 Å². The van der Waals surface area contributed by atoms with E-state index in [1.54, 1.807) is 0 Å². The van der Waals surface area contributed by atoms with Gasteiger partial charge in [0.1, 0.15) is 18.3 Å². The van der Waals surface area contributed by atoms with Crippen molar-refractivity contribution in [2.45, 2.75) is 24.5 Å². The summed E-state index contributed by atoms with van der Waals surface area (Å²) in [5.74, 6) is 0. The third-order valence-electron chi connectivity index (χ3n) is 3.42. The molecule has 2 aromatic heterocycles. The molecule has 24 heavy (non-hydrogen) atoms. The minimum Gasteiger partial charge on any atom is -0.387 e. The van der Waals surface area contributed by atoms with Gasteiger partial charge in [0.25, 0.3) is 11.6 Å². The van der Waals surface area contributed by atoms with Crippen molar-refractivity contribution < 1.29 is 38.2 Å². The molecule has 3 heterocycles. The lowest BCUT2D eigenvalue weighted by atomic mass is 10.1. The normalized spacial score (nSPS) is 27.9. The van der Waals surface area contributed by atoms with Crippen molar-refractivity contribution in [3.63, 3.8) is 0 Å². The van der Waals surface area contributed by atoms with Crippen LogP contribution in [0.15, 0.2) is 11.1 Å². The fourth-order valence-electron chi connectivity index (χ4n) is 2.35. The SMILES string of the molecule is O=c1[nH]c(F)nc2c1ncn2C1OC(COP(=O)(O)O)C(O)C1O. The standard InChI is InChI=1S/C10H12FN4O8P/c11-10-13-7-4(8(18)14-10)12-2-15(7)9-6(17)5(16)3(23-9)1-22-24(19,20)21/h2-3,5-6,9,16-17H,1H2,(H,13,14,18)(H2,19,20,21). The van der Waals surface area contributed by atoms with Gasteiger partial charge in [-0.1, -0.05) is 0 Å². The Balaban J connectivity index is 1.90. The fourth-order valence-corrected chi connectivity index (χ4v) is 2.69. The Hall–Kier alpha value is -1.73. The highest BCUT2D eigenvalue weighted by Gasteiger charge is 2.45. The first kappa shape index (κ1) is 17.1.